The molecule has 0 atom stereocenters. The Morgan fingerprint density at radius 3 is 2.27 bits per heavy atom. The van der Waals surface area contributed by atoms with Crippen molar-refractivity contribution in [3.8, 4) is 17.2 Å². The van der Waals surface area contributed by atoms with E-state index in [2.05, 4.69) is 0 Å². The molecule has 0 heterocycles. The number of hydrogen-bond acceptors (Lipinski definition) is 7. The maximum atomic E-state index is 12.9. The zero-order valence-corrected chi connectivity index (χ0v) is 16.8. The fourth-order valence-electron chi connectivity index (χ4n) is 2.43. The highest BCUT2D eigenvalue weighted by molar-refractivity contribution is 7.93. The number of non-ortho nitro benzene ring substituents is 1. The minimum absolute atomic E-state index is 0.0468. The third kappa shape index (κ3) is 4.67. The predicted molar refractivity (Wildman–Crippen MR) is 100 cm³/mol. The first-order chi connectivity index (χ1) is 13.9. The van der Waals surface area contributed by atoms with E-state index in [1.165, 1.54) is 20.3 Å². The molecule has 0 amide bonds. The van der Waals surface area contributed by atoms with E-state index < -0.39 is 37.6 Å². The van der Waals surface area contributed by atoms with Crippen LogP contribution in [0.5, 0.6) is 17.2 Å². The third-order valence-corrected chi connectivity index (χ3v) is 5.52. The largest absolute Gasteiger partial charge is 0.516 e. The monoisotopic (exact) mass is 450 g/mol. The molecule has 13 heteroatoms. The number of alkyl halides is 3. The highest BCUT2D eigenvalue weighted by Crippen LogP contribution is 2.38. The molecule has 0 fully saturated rings. The summed E-state index contributed by atoms with van der Waals surface area (Å²) in [5.74, 6) is 0.355. The summed E-state index contributed by atoms with van der Waals surface area (Å²) >= 11 is 0. The Balaban J connectivity index is 2.48. The maximum absolute atomic E-state index is 12.9. The summed E-state index contributed by atoms with van der Waals surface area (Å²) in [4.78, 5) is 10.3. The summed E-state index contributed by atoms with van der Waals surface area (Å²) in [6.45, 7) is -0.297. The molecule has 164 valence electrons. The first kappa shape index (κ1) is 23.1. The van der Waals surface area contributed by atoms with Crippen LogP contribution in [0.15, 0.2) is 36.4 Å². The zero-order chi connectivity index (χ0) is 22.7. The normalized spacial score (nSPS) is 11.7. The van der Waals surface area contributed by atoms with Crippen LogP contribution in [0.4, 0.5) is 24.5 Å². The van der Waals surface area contributed by atoms with Crippen molar-refractivity contribution in [1.29, 1.82) is 0 Å². The van der Waals surface area contributed by atoms with Crippen LogP contribution in [0.25, 0.3) is 0 Å². The molecular formula is C17H17F3N2O7S. The quantitative estimate of drug-likeness (QED) is 0.448. The van der Waals surface area contributed by atoms with Gasteiger partial charge in [0.2, 0.25) is 0 Å². The molecule has 0 spiro atoms. The molecule has 0 aliphatic heterocycles. The molecule has 2 aromatic carbocycles. The van der Waals surface area contributed by atoms with Gasteiger partial charge in [0, 0.05) is 18.7 Å². The Bertz CT molecular complexity index is 1040. The molecule has 0 aromatic heterocycles. The lowest BCUT2D eigenvalue weighted by molar-refractivity contribution is -0.384. The average Bonchev–Trinajstić information content (AvgIpc) is 2.70. The van der Waals surface area contributed by atoms with Crippen molar-refractivity contribution in [2.24, 2.45) is 0 Å². The van der Waals surface area contributed by atoms with Crippen LogP contribution < -0.4 is 18.5 Å². The number of halogens is 3. The number of nitro groups is 1. The highest BCUT2D eigenvalue weighted by atomic mass is 32.2. The zero-order valence-electron chi connectivity index (χ0n) is 16.0. The molecule has 0 bridgehead atoms. The second kappa shape index (κ2) is 8.65. The summed E-state index contributed by atoms with van der Waals surface area (Å²) < 4.78 is 78.0. The third-order valence-electron chi connectivity index (χ3n) is 4.02. The number of hydrogen-bond donors (Lipinski definition) is 0. The van der Waals surface area contributed by atoms with Crippen molar-refractivity contribution in [3.63, 3.8) is 0 Å². The van der Waals surface area contributed by atoms with Crippen LogP contribution >= 0.6 is 0 Å². The second-order valence-electron chi connectivity index (χ2n) is 5.79. The van der Waals surface area contributed by atoms with E-state index in [0.29, 0.717) is 24.1 Å². The predicted octanol–water partition coefficient (Wildman–Crippen LogP) is 3.48. The minimum atomic E-state index is -5.75. The average molecular weight is 450 g/mol. The van der Waals surface area contributed by atoms with Crippen molar-refractivity contribution in [2.75, 3.05) is 25.6 Å². The summed E-state index contributed by atoms with van der Waals surface area (Å²) in [7, 11) is -2.28. The number of sulfonamides is 1. The Morgan fingerprint density at radius 2 is 1.73 bits per heavy atom. The minimum Gasteiger partial charge on any atom is -0.497 e. The first-order valence-corrected chi connectivity index (χ1v) is 9.53. The molecule has 9 nitrogen and oxygen atoms in total. The molecule has 0 N–H and O–H groups in total. The van der Waals surface area contributed by atoms with Gasteiger partial charge >= 0.3 is 15.5 Å². The number of nitrogens with zero attached hydrogens (tertiary/aromatic N) is 2. The van der Waals surface area contributed by atoms with E-state index in [4.69, 9.17) is 14.2 Å². The van der Waals surface area contributed by atoms with Gasteiger partial charge in [-0.1, -0.05) is 0 Å². The Hall–Kier alpha value is -3.22. The van der Waals surface area contributed by atoms with Crippen LogP contribution in [0, 0.1) is 10.1 Å². The number of benzene rings is 2. The fraction of sp³-hybridized carbons (Fsp3) is 0.294. The van der Waals surface area contributed by atoms with Crippen molar-refractivity contribution >= 4 is 21.4 Å². The Morgan fingerprint density at radius 1 is 1.07 bits per heavy atom. The number of anilines is 1. The smallest absolute Gasteiger partial charge is 0.497 e. The molecule has 30 heavy (non-hydrogen) atoms. The molecule has 0 saturated carbocycles. The second-order valence-corrected chi connectivity index (χ2v) is 7.75. The van der Waals surface area contributed by atoms with Gasteiger partial charge in [-0.15, -0.1) is 0 Å². The molecule has 0 saturated heterocycles. The van der Waals surface area contributed by atoms with Gasteiger partial charge < -0.3 is 14.2 Å². The van der Waals surface area contributed by atoms with E-state index >= 15 is 0 Å². The maximum Gasteiger partial charge on any atom is 0.516 e. The SMILES string of the molecule is COc1ccc(OC)c(COc2cc([N+](=O)[O-])ccc2N(C)S(=O)(=O)C(F)(F)F)c1. The van der Waals surface area contributed by atoms with Gasteiger partial charge in [-0.25, -0.2) is 0 Å². The lowest BCUT2D eigenvalue weighted by atomic mass is 10.2. The molecule has 2 aromatic rings. The van der Waals surface area contributed by atoms with Crippen LogP contribution in [0.2, 0.25) is 0 Å². The lowest BCUT2D eigenvalue weighted by Crippen LogP contribution is -2.38. The number of rotatable bonds is 8. The molecule has 0 aliphatic rings. The van der Waals surface area contributed by atoms with E-state index in [1.54, 1.807) is 12.1 Å². The van der Waals surface area contributed by atoms with Gasteiger partial charge in [0.25, 0.3) is 5.69 Å². The standard InChI is InChI=1S/C17H17F3N2O7S/c1-21(30(25,26)17(18,19)20)14-6-4-12(22(23)24)9-16(14)29-10-11-8-13(27-2)5-7-15(11)28-3/h4-9H,10H2,1-3H3. The summed E-state index contributed by atoms with van der Waals surface area (Å²) in [5, 5.41) is 11.1. The van der Waals surface area contributed by atoms with Crippen LogP contribution in [-0.4, -0.2) is 40.1 Å². The van der Waals surface area contributed by atoms with Crippen molar-refractivity contribution < 1.29 is 40.7 Å². The van der Waals surface area contributed by atoms with Crippen molar-refractivity contribution in [1.82, 2.24) is 0 Å². The topological polar surface area (TPSA) is 108 Å². The summed E-state index contributed by atoms with van der Waals surface area (Å²) in [6.07, 6.45) is 0. The fourth-order valence-corrected chi connectivity index (χ4v) is 3.15. The summed E-state index contributed by atoms with van der Waals surface area (Å²) in [6, 6.07) is 7.27. The van der Waals surface area contributed by atoms with Gasteiger partial charge in [0.15, 0.2) is 5.75 Å². The van der Waals surface area contributed by atoms with Gasteiger partial charge in [-0.3, -0.25) is 14.4 Å². The van der Waals surface area contributed by atoms with Gasteiger partial charge in [-0.05, 0) is 24.3 Å². The number of methoxy groups -OCH3 is 2. The Kier molecular flexibility index (Phi) is 6.65. The first-order valence-electron chi connectivity index (χ1n) is 8.09. The van der Waals surface area contributed by atoms with Gasteiger partial charge in [0.1, 0.15) is 18.1 Å². The molecule has 0 unspecified atom stereocenters. The number of nitro benzene ring substituents is 1. The molecular weight excluding hydrogens is 433 g/mol. The van der Waals surface area contributed by atoms with Crippen LogP contribution in [-0.2, 0) is 16.6 Å². The van der Waals surface area contributed by atoms with Crippen molar-refractivity contribution in [2.45, 2.75) is 12.1 Å². The van der Waals surface area contributed by atoms with E-state index in [1.807, 2.05) is 0 Å². The summed E-state index contributed by atoms with van der Waals surface area (Å²) in [5.41, 5.74) is -6.18. The van der Waals surface area contributed by atoms with Crippen LogP contribution in [0.3, 0.4) is 0 Å². The van der Waals surface area contributed by atoms with E-state index in [-0.39, 0.29) is 10.9 Å². The molecule has 2 rings (SSSR count). The molecule has 0 aliphatic carbocycles. The highest BCUT2D eigenvalue weighted by Gasteiger charge is 2.49. The van der Waals surface area contributed by atoms with E-state index in [9.17, 15) is 31.7 Å². The molecule has 0 radical (unpaired) electrons. The van der Waals surface area contributed by atoms with Gasteiger partial charge in [-0.2, -0.15) is 21.6 Å². The van der Waals surface area contributed by atoms with Crippen molar-refractivity contribution in [3.05, 3.63) is 52.1 Å². The number of ether oxygens (including phenoxy) is 3. The van der Waals surface area contributed by atoms with Gasteiger partial charge in [0.05, 0.1) is 30.9 Å². The van der Waals surface area contributed by atoms with E-state index in [0.717, 1.165) is 18.2 Å². The Labute approximate surface area is 169 Å². The van der Waals surface area contributed by atoms with Crippen LogP contribution in [0.1, 0.15) is 5.56 Å². The lowest BCUT2D eigenvalue weighted by Gasteiger charge is -2.23.